The van der Waals surface area contributed by atoms with Gasteiger partial charge in [-0.25, -0.2) is 0 Å². The van der Waals surface area contributed by atoms with Crippen LogP contribution in [0.1, 0.15) is 44.9 Å². The Hall–Kier alpha value is -1.61. The van der Waals surface area contributed by atoms with Crippen molar-refractivity contribution in [1.29, 1.82) is 5.26 Å². The molecule has 0 aromatic heterocycles. The third-order valence-electron chi connectivity index (χ3n) is 5.67. The molecule has 0 aliphatic carbocycles. The van der Waals surface area contributed by atoms with Crippen LogP contribution in [0.2, 0.25) is 0 Å². The molecule has 0 spiro atoms. The average Bonchev–Trinajstić information content (AvgIpc) is 3.00. The summed E-state index contributed by atoms with van der Waals surface area (Å²) in [5, 5.41) is 9.15. The molecule has 0 aromatic rings. The zero-order chi connectivity index (χ0) is 15.7. The van der Waals surface area contributed by atoms with E-state index in [1.165, 1.54) is 0 Å². The number of carbonyl (C=O) groups is 2. The first-order chi connectivity index (χ1) is 10.7. The molecule has 0 saturated carbocycles. The van der Waals surface area contributed by atoms with Gasteiger partial charge in [0.2, 0.25) is 12.3 Å². The Bertz CT molecular complexity index is 475. The van der Waals surface area contributed by atoms with E-state index in [2.05, 4.69) is 6.07 Å². The standard InChI is InChI=1S/C16H24N4O2/c17-9-14-5-2-6-19(14)16(22)15(18)11-7-12-3-1-4-13(8-11)20(12)10-21/h10-15H,1-8,18H2/t11?,12?,13?,14-,15?/m0/s1. The summed E-state index contributed by atoms with van der Waals surface area (Å²) in [6, 6.07) is 1.83. The summed E-state index contributed by atoms with van der Waals surface area (Å²) in [5.74, 6) is 0.0469. The lowest BCUT2D eigenvalue weighted by molar-refractivity contribution is -0.136. The van der Waals surface area contributed by atoms with Crippen molar-refractivity contribution < 1.29 is 9.59 Å². The lowest BCUT2D eigenvalue weighted by atomic mass is 9.75. The van der Waals surface area contributed by atoms with E-state index in [1.807, 2.05) is 4.90 Å². The molecule has 3 heterocycles. The van der Waals surface area contributed by atoms with E-state index < -0.39 is 6.04 Å². The molecule has 3 fully saturated rings. The Labute approximate surface area is 131 Å². The van der Waals surface area contributed by atoms with Crippen molar-refractivity contribution in [3.63, 3.8) is 0 Å². The molecule has 22 heavy (non-hydrogen) atoms. The number of likely N-dealkylation sites (tertiary alicyclic amines) is 1. The Kier molecular flexibility index (Phi) is 4.34. The minimum absolute atomic E-state index is 0.0772. The molecule has 3 saturated heterocycles. The summed E-state index contributed by atoms with van der Waals surface area (Å²) in [5.41, 5.74) is 6.27. The fraction of sp³-hybridized carbons (Fsp3) is 0.812. The minimum atomic E-state index is -0.536. The highest BCUT2D eigenvalue weighted by Crippen LogP contribution is 2.37. The van der Waals surface area contributed by atoms with Gasteiger partial charge < -0.3 is 15.5 Å². The fourth-order valence-corrected chi connectivity index (χ4v) is 4.48. The second kappa shape index (κ2) is 6.25. The number of piperidine rings is 2. The summed E-state index contributed by atoms with van der Waals surface area (Å²) >= 11 is 0. The zero-order valence-corrected chi connectivity index (χ0v) is 12.9. The van der Waals surface area contributed by atoms with E-state index in [0.717, 1.165) is 51.4 Å². The molecule has 0 radical (unpaired) electrons. The van der Waals surface area contributed by atoms with Gasteiger partial charge in [-0.2, -0.15) is 5.26 Å². The summed E-state index contributed by atoms with van der Waals surface area (Å²) in [6.07, 6.45) is 7.40. The maximum atomic E-state index is 12.7. The van der Waals surface area contributed by atoms with Crippen LogP contribution in [0.15, 0.2) is 0 Å². The van der Waals surface area contributed by atoms with Crippen molar-refractivity contribution in [2.45, 2.75) is 69.1 Å². The van der Waals surface area contributed by atoms with Gasteiger partial charge in [-0.15, -0.1) is 0 Å². The van der Waals surface area contributed by atoms with Crippen molar-refractivity contribution in [2.24, 2.45) is 11.7 Å². The highest BCUT2D eigenvalue weighted by Gasteiger charge is 2.43. The van der Waals surface area contributed by atoms with E-state index in [0.29, 0.717) is 6.54 Å². The quantitative estimate of drug-likeness (QED) is 0.774. The monoisotopic (exact) mass is 304 g/mol. The SMILES string of the molecule is N#C[C@@H]1CCCN1C(=O)C(N)C1CC2CCCC(C1)N2C=O. The van der Waals surface area contributed by atoms with Gasteiger partial charge in [0.25, 0.3) is 0 Å². The zero-order valence-electron chi connectivity index (χ0n) is 12.9. The van der Waals surface area contributed by atoms with Crippen LogP contribution in [0.25, 0.3) is 0 Å². The number of carbonyl (C=O) groups excluding carboxylic acids is 2. The Balaban J connectivity index is 1.68. The number of hydrogen-bond acceptors (Lipinski definition) is 4. The van der Waals surface area contributed by atoms with E-state index in [-0.39, 0.29) is 30.0 Å². The number of nitrogens with zero attached hydrogens (tertiary/aromatic N) is 3. The Morgan fingerprint density at radius 3 is 2.50 bits per heavy atom. The van der Waals surface area contributed by atoms with Gasteiger partial charge in [-0.05, 0) is 50.9 Å². The predicted octanol–water partition coefficient (Wildman–Crippen LogP) is 0.618. The highest BCUT2D eigenvalue weighted by molar-refractivity contribution is 5.83. The summed E-state index contributed by atoms with van der Waals surface area (Å²) in [4.78, 5) is 27.5. The molecule has 2 bridgehead atoms. The van der Waals surface area contributed by atoms with Crippen molar-refractivity contribution in [3.8, 4) is 6.07 Å². The number of nitrogens with two attached hydrogens (primary N) is 1. The average molecular weight is 304 g/mol. The topological polar surface area (TPSA) is 90.4 Å². The maximum Gasteiger partial charge on any atom is 0.240 e. The molecule has 6 nitrogen and oxygen atoms in total. The molecular weight excluding hydrogens is 280 g/mol. The van der Waals surface area contributed by atoms with Crippen LogP contribution in [0.5, 0.6) is 0 Å². The second-order valence-corrected chi connectivity index (χ2v) is 6.87. The van der Waals surface area contributed by atoms with E-state index in [1.54, 1.807) is 4.90 Å². The minimum Gasteiger partial charge on any atom is -0.339 e. The van der Waals surface area contributed by atoms with Gasteiger partial charge in [0, 0.05) is 18.6 Å². The van der Waals surface area contributed by atoms with Crippen LogP contribution in [-0.4, -0.2) is 52.8 Å². The molecule has 6 heteroatoms. The number of rotatable bonds is 3. The predicted molar refractivity (Wildman–Crippen MR) is 80.4 cm³/mol. The van der Waals surface area contributed by atoms with E-state index >= 15 is 0 Å². The van der Waals surface area contributed by atoms with Crippen molar-refractivity contribution in [3.05, 3.63) is 0 Å². The van der Waals surface area contributed by atoms with Crippen LogP contribution >= 0.6 is 0 Å². The molecule has 3 aliphatic heterocycles. The molecule has 4 atom stereocenters. The fourth-order valence-electron chi connectivity index (χ4n) is 4.48. The highest BCUT2D eigenvalue weighted by atomic mass is 16.2. The first kappa shape index (κ1) is 15.3. The van der Waals surface area contributed by atoms with Crippen molar-refractivity contribution in [2.75, 3.05) is 6.54 Å². The van der Waals surface area contributed by atoms with Gasteiger partial charge in [-0.1, -0.05) is 0 Å². The van der Waals surface area contributed by atoms with E-state index in [4.69, 9.17) is 11.0 Å². The largest absolute Gasteiger partial charge is 0.339 e. The van der Waals surface area contributed by atoms with Crippen LogP contribution in [-0.2, 0) is 9.59 Å². The number of nitriles is 1. The van der Waals surface area contributed by atoms with Crippen LogP contribution < -0.4 is 5.73 Å². The van der Waals surface area contributed by atoms with Crippen LogP contribution in [0, 0.1) is 17.2 Å². The first-order valence-corrected chi connectivity index (χ1v) is 8.34. The number of fused-ring (bicyclic) bond motifs is 2. The van der Waals surface area contributed by atoms with Gasteiger partial charge in [0.05, 0.1) is 12.1 Å². The summed E-state index contributed by atoms with van der Waals surface area (Å²) in [6.45, 7) is 0.644. The molecule has 2 N–H and O–H groups in total. The van der Waals surface area contributed by atoms with Crippen molar-refractivity contribution in [1.82, 2.24) is 9.80 Å². The molecule has 3 unspecified atom stereocenters. The van der Waals surface area contributed by atoms with Gasteiger partial charge >= 0.3 is 0 Å². The Morgan fingerprint density at radius 2 is 1.91 bits per heavy atom. The third kappa shape index (κ3) is 2.58. The second-order valence-electron chi connectivity index (χ2n) is 6.87. The number of hydrogen-bond donors (Lipinski definition) is 1. The lowest BCUT2D eigenvalue weighted by Gasteiger charge is -2.48. The molecule has 3 rings (SSSR count). The normalized spacial score (nSPS) is 35.8. The molecule has 3 aliphatic rings. The lowest BCUT2D eigenvalue weighted by Crippen LogP contribution is -2.57. The van der Waals surface area contributed by atoms with Crippen LogP contribution in [0.3, 0.4) is 0 Å². The third-order valence-corrected chi connectivity index (χ3v) is 5.67. The van der Waals surface area contributed by atoms with Gasteiger partial charge in [0.1, 0.15) is 6.04 Å². The number of amides is 2. The smallest absolute Gasteiger partial charge is 0.240 e. The summed E-state index contributed by atoms with van der Waals surface area (Å²) < 4.78 is 0. The van der Waals surface area contributed by atoms with E-state index in [9.17, 15) is 9.59 Å². The molecule has 2 amide bonds. The first-order valence-electron chi connectivity index (χ1n) is 8.34. The Morgan fingerprint density at radius 1 is 1.23 bits per heavy atom. The molecule has 120 valence electrons. The molecular formula is C16H24N4O2. The van der Waals surface area contributed by atoms with Crippen molar-refractivity contribution >= 4 is 12.3 Å². The summed E-state index contributed by atoms with van der Waals surface area (Å²) in [7, 11) is 0. The maximum absolute atomic E-state index is 12.7. The van der Waals surface area contributed by atoms with Gasteiger partial charge in [0.15, 0.2) is 0 Å². The van der Waals surface area contributed by atoms with Crippen LogP contribution in [0.4, 0.5) is 0 Å². The van der Waals surface area contributed by atoms with Gasteiger partial charge in [-0.3, -0.25) is 9.59 Å². The molecule has 0 aromatic carbocycles.